The van der Waals surface area contributed by atoms with Crippen molar-refractivity contribution in [2.45, 2.75) is 32.5 Å². The second-order valence-corrected chi connectivity index (χ2v) is 10.3. The third kappa shape index (κ3) is 8.07. The summed E-state index contributed by atoms with van der Waals surface area (Å²) in [6.07, 6.45) is 5.22. The van der Waals surface area contributed by atoms with Crippen LogP contribution in [0, 0.1) is 0 Å². The summed E-state index contributed by atoms with van der Waals surface area (Å²) in [6.45, 7) is 3.32. The Morgan fingerprint density at radius 2 is 0.688 bits per heavy atom. The van der Waals surface area contributed by atoms with Crippen LogP contribution in [0.4, 0.5) is 0 Å². The van der Waals surface area contributed by atoms with Crippen LogP contribution in [-0.4, -0.2) is 86.7 Å². The van der Waals surface area contributed by atoms with Gasteiger partial charge in [-0.25, -0.2) is 19.2 Å². The largest absolute Gasteiger partial charge is 0.478 e. The molecule has 0 amide bonds. The van der Waals surface area contributed by atoms with Gasteiger partial charge in [-0.1, -0.05) is 24.3 Å². The zero-order valence-corrected chi connectivity index (χ0v) is 27.0. The first kappa shape index (κ1) is 37.0. The fraction of sp³-hybridized carbons (Fsp3) is 0.152. The fourth-order valence-electron chi connectivity index (χ4n) is 4.90. The van der Waals surface area contributed by atoms with Crippen LogP contribution in [0.5, 0.6) is 0 Å². The first-order valence-corrected chi connectivity index (χ1v) is 13.9. The molecule has 0 spiro atoms. The molecule has 6 N–H and O–H groups in total. The molecule has 4 aromatic heterocycles. The minimum atomic E-state index is -1.06. The Bertz CT molecular complexity index is 1870. The molecule has 0 aliphatic carbocycles. The molecule has 0 aliphatic heterocycles. The number of rotatable bonds is 6. The molecule has 0 radical (unpaired) electrons. The van der Waals surface area contributed by atoms with E-state index in [-0.39, 0.29) is 53.9 Å². The maximum absolute atomic E-state index is 11.2. The zero-order valence-electron chi connectivity index (χ0n) is 25.2. The molecule has 248 valence electrons. The standard InChI is InChI=1S/2C14H8N2O4.C5H12O2.Ru/c2*17-13(18)9-3-5-15-11-7(9)1-2-8-10(14(19)20)4-6-16-12(8)11;1-4(6)3-5(2)7;/h2*1-6H,(H,17,18)(H,19,20);4-7H,3H2,1-2H3;. The Kier molecular flexibility index (Phi) is 12.2. The van der Waals surface area contributed by atoms with E-state index in [0.717, 1.165) is 0 Å². The Morgan fingerprint density at radius 3 is 0.833 bits per heavy atom. The molecule has 48 heavy (non-hydrogen) atoms. The van der Waals surface area contributed by atoms with Crippen LogP contribution in [0.2, 0.25) is 0 Å². The number of aromatic nitrogens is 4. The molecule has 6 rings (SSSR count). The average Bonchev–Trinajstić information content (AvgIpc) is 3.03. The summed E-state index contributed by atoms with van der Waals surface area (Å²) in [5.74, 6) is -4.26. The third-order valence-electron chi connectivity index (χ3n) is 6.85. The number of pyridine rings is 4. The number of aliphatic hydroxyl groups excluding tert-OH is 2. The van der Waals surface area contributed by atoms with Gasteiger partial charge in [-0.3, -0.25) is 19.9 Å². The van der Waals surface area contributed by atoms with Gasteiger partial charge in [0.2, 0.25) is 0 Å². The minimum Gasteiger partial charge on any atom is -0.478 e. The summed E-state index contributed by atoms with van der Waals surface area (Å²) in [7, 11) is 0. The van der Waals surface area contributed by atoms with E-state index >= 15 is 0 Å². The van der Waals surface area contributed by atoms with Gasteiger partial charge in [0.15, 0.2) is 0 Å². The van der Waals surface area contributed by atoms with Crippen LogP contribution in [0.3, 0.4) is 0 Å². The molecule has 2 unspecified atom stereocenters. The van der Waals surface area contributed by atoms with E-state index in [1.165, 1.54) is 49.1 Å². The minimum absolute atomic E-state index is 0. The molecular weight excluding hydrogens is 713 g/mol. The van der Waals surface area contributed by atoms with E-state index in [2.05, 4.69) is 19.9 Å². The van der Waals surface area contributed by atoms with E-state index in [0.29, 0.717) is 50.0 Å². The van der Waals surface area contributed by atoms with E-state index in [1.54, 1.807) is 38.1 Å². The molecule has 0 bridgehead atoms. The van der Waals surface area contributed by atoms with E-state index in [1.807, 2.05) is 0 Å². The van der Waals surface area contributed by atoms with Crippen molar-refractivity contribution in [3.63, 3.8) is 0 Å². The predicted octanol–water partition coefficient (Wildman–Crippen LogP) is 4.49. The van der Waals surface area contributed by atoms with Crippen LogP contribution in [0.25, 0.3) is 43.6 Å². The summed E-state index contributed by atoms with van der Waals surface area (Å²) in [4.78, 5) is 61.3. The SMILES string of the molecule is CC(O)CC(C)O.O=C(O)c1ccnc2c1ccc1c(C(=O)O)ccnc12.O=C(O)c1ccnc2c1ccc1c(C(=O)O)ccnc12.[Ru]. The van der Waals surface area contributed by atoms with Crippen molar-refractivity contribution in [3.05, 3.63) is 95.6 Å². The van der Waals surface area contributed by atoms with Gasteiger partial charge in [0.05, 0.1) is 56.5 Å². The molecule has 0 saturated heterocycles. The van der Waals surface area contributed by atoms with Crippen molar-refractivity contribution >= 4 is 67.5 Å². The van der Waals surface area contributed by atoms with Gasteiger partial charge in [0.1, 0.15) is 0 Å². The number of benzene rings is 2. The number of carboxylic acid groups (broad SMARTS) is 4. The molecule has 0 aliphatic rings. The van der Waals surface area contributed by atoms with Gasteiger partial charge < -0.3 is 30.6 Å². The first-order valence-electron chi connectivity index (χ1n) is 13.9. The van der Waals surface area contributed by atoms with E-state index in [4.69, 9.17) is 30.6 Å². The summed E-state index contributed by atoms with van der Waals surface area (Å²) < 4.78 is 0. The monoisotopic (exact) mass is 742 g/mol. The van der Waals surface area contributed by atoms with Gasteiger partial charge in [-0.05, 0) is 44.5 Å². The average molecular weight is 742 g/mol. The van der Waals surface area contributed by atoms with Gasteiger partial charge >= 0.3 is 23.9 Å². The number of aliphatic hydroxyl groups is 2. The zero-order chi connectivity index (χ0) is 34.4. The third-order valence-corrected chi connectivity index (χ3v) is 6.85. The van der Waals surface area contributed by atoms with Crippen molar-refractivity contribution in [1.29, 1.82) is 0 Å². The molecule has 2 atom stereocenters. The van der Waals surface area contributed by atoms with Gasteiger partial charge in [0, 0.05) is 65.8 Å². The van der Waals surface area contributed by atoms with Crippen molar-refractivity contribution in [2.75, 3.05) is 0 Å². The number of aromatic carboxylic acids is 4. The first-order chi connectivity index (χ1) is 22.3. The molecule has 4 heterocycles. The molecule has 14 nitrogen and oxygen atoms in total. The Labute approximate surface area is 284 Å². The Hall–Kier alpha value is -5.50. The van der Waals surface area contributed by atoms with E-state index in [9.17, 15) is 19.2 Å². The molecular formula is C33H28N4O10Ru. The summed E-state index contributed by atoms with van der Waals surface area (Å²) in [5, 5.41) is 55.5. The number of nitrogens with zero attached hydrogens (tertiary/aromatic N) is 4. The molecule has 2 aromatic carbocycles. The Balaban J connectivity index is 0.000000215. The van der Waals surface area contributed by atoms with E-state index < -0.39 is 23.9 Å². The number of carbonyl (C=O) groups is 4. The Morgan fingerprint density at radius 1 is 0.479 bits per heavy atom. The van der Waals surface area contributed by atoms with Crippen molar-refractivity contribution in [1.82, 2.24) is 19.9 Å². The van der Waals surface area contributed by atoms with Crippen molar-refractivity contribution in [3.8, 4) is 0 Å². The van der Waals surface area contributed by atoms with Gasteiger partial charge in [0.25, 0.3) is 0 Å². The predicted molar refractivity (Wildman–Crippen MR) is 170 cm³/mol. The van der Waals surface area contributed by atoms with Crippen LogP contribution in [0.1, 0.15) is 61.7 Å². The molecule has 6 aromatic rings. The number of hydrogen-bond donors (Lipinski definition) is 6. The van der Waals surface area contributed by atoms with Crippen LogP contribution >= 0.6 is 0 Å². The summed E-state index contributed by atoms with van der Waals surface area (Å²) in [5.41, 5.74) is 1.96. The van der Waals surface area contributed by atoms with Crippen molar-refractivity contribution in [2.24, 2.45) is 0 Å². The fourth-order valence-corrected chi connectivity index (χ4v) is 4.90. The van der Waals surface area contributed by atoms with Gasteiger partial charge in [-0.2, -0.15) is 0 Å². The van der Waals surface area contributed by atoms with Gasteiger partial charge in [-0.15, -0.1) is 0 Å². The molecule has 0 saturated carbocycles. The summed E-state index contributed by atoms with van der Waals surface area (Å²) >= 11 is 0. The topological polar surface area (TPSA) is 241 Å². The number of carboxylic acids is 4. The molecule has 0 fully saturated rings. The smallest absolute Gasteiger partial charge is 0.336 e. The quantitative estimate of drug-likeness (QED) is 0.102. The second kappa shape index (κ2) is 15.9. The normalized spacial score (nSPS) is 11.8. The number of fused-ring (bicyclic) bond motifs is 6. The van der Waals surface area contributed by atoms with Crippen LogP contribution in [0.15, 0.2) is 73.3 Å². The maximum Gasteiger partial charge on any atom is 0.336 e. The summed E-state index contributed by atoms with van der Waals surface area (Å²) in [6, 6.07) is 11.8. The maximum atomic E-state index is 11.2. The number of hydrogen-bond acceptors (Lipinski definition) is 10. The second-order valence-electron chi connectivity index (χ2n) is 10.3. The van der Waals surface area contributed by atoms with Crippen LogP contribution in [-0.2, 0) is 19.5 Å². The molecule has 15 heteroatoms. The van der Waals surface area contributed by atoms with Crippen LogP contribution < -0.4 is 0 Å². The van der Waals surface area contributed by atoms with Crippen molar-refractivity contribution < 1.29 is 69.3 Å².